The lowest BCUT2D eigenvalue weighted by atomic mass is 10.0. The van der Waals surface area contributed by atoms with E-state index in [2.05, 4.69) is 25.2 Å². The Morgan fingerprint density at radius 1 is 1.29 bits per heavy atom. The summed E-state index contributed by atoms with van der Waals surface area (Å²) in [7, 11) is 0. The third-order valence-corrected chi connectivity index (χ3v) is 5.35. The highest BCUT2D eigenvalue weighted by molar-refractivity contribution is 5.81. The van der Waals surface area contributed by atoms with Crippen molar-refractivity contribution < 1.29 is 14.3 Å². The van der Waals surface area contributed by atoms with E-state index in [1.165, 1.54) is 5.56 Å². The highest BCUT2D eigenvalue weighted by atomic mass is 16.5. The molecule has 0 spiro atoms. The van der Waals surface area contributed by atoms with Gasteiger partial charge in [-0.15, -0.1) is 0 Å². The highest BCUT2D eigenvalue weighted by Crippen LogP contribution is 2.26. The Morgan fingerprint density at radius 2 is 2.04 bits per heavy atom. The second kappa shape index (κ2) is 10.5. The number of rotatable bonds is 8. The van der Waals surface area contributed by atoms with Gasteiger partial charge in [0.2, 0.25) is 5.91 Å². The van der Waals surface area contributed by atoms with Crippen molar-refractivity contribution in [3.63, 3.8) is 0 Å². The lowest BCUT2D eigenvalue weighted by Crippen LogP contribution is -2.53. The van der Waals surface area contributed by atoms with Gasteiger partial charge in [0.05, 0.1) is 0 Å². The number of benzene rings is 1. The van der Waals surface area contributed by atoms with Gasteiger partial charge in [0.25, 0.3) is 5.91 Å². The molecule has 156 valence electrons. The second-order valence-corrected chi connectivity index (χ2v) is 7.96. The first kappa shape index (κ1) is 22.2. The maximum atomic E-state index is 13.1. The van der Waals surface area contributed by atoms with E-state index in [4.69, 9.17) is 10.5 Å². The minimum absolute atomic E-state index is 0.0112. The van der Waals surface area contributed by atoms with Gasteiger partial charge in [0.1, 0.15) is 5.75 Å². The molecule has 6 nitrogen and oxygen atoms in total. The summed E-state index contributed by atoms with van der Waals surface area (Å²) in [6, 6.07) is 6.18. The number of likely N-dealkylation sites (tertiary alicyclic amines) is 1. The van der Waals surface area contributed by atoms with Gasteiger partial charge < -0.3 is 20.7 Å². The van der Waals surface area contributed by atoms with E-state index >= 15 is 0 Å². The van der Waals surface area contributed by atoms with Crippen LogP contribution in [0.25, 0.3) is 0 Å². The second-order valence-electron chi connectivity index (χ2n) is 7.96. The van der Waals surface area contributed by atoms with E-state index in [1.807, 2.05) is 30.9 Å². The Bertz CT molecular complexity index is 675. The number of nitrogens with zero attached hydrogens (tertiary/aromatic N) is 1. The molecule has 6 heteroatoms. The molecular formula is C22H35N3O3. The van der Waals surface area contributed by atoms with Crippen molar-refractivity contribution in [2.45, 2.75) is 71.4 Å². The third kappa shape index (κ3) is 5.96. The molecule has 1 aromatic rings. The Labute approximate surface area is 168 Å². The van der Waals surface area contributed by atoms with Gasteiger partial charge in [-0.3, -0.25) is 9.59 Å². The molecule has 2 rings (SSSR count). The van der Waals surface area contributed by atoms with E-state index in [1.54, 1.807) is 0 Å². The van der Waals surface area contributed by atoms with Crippen molar-refractivity contribution in [1.82, 2.24) is 10.2 Å². The first-order chi connectivity index (χ1) is 13.3. The molecule has 1 fully saturated rings. The molecule has 3 N–H and O–H groups in total. The van der Waals surface area contributed by atoms with Crippen molar-refractivity contribution in [3.8, 4) is 5.75 Å². The Hall–Kier alpha value is -2.08. The summed E-state index contributed by atoms with van der Waals surface area (Å²) >= 11 is 0. The molecule has 28 heavy (non-hydrogen) atoms. The zero-order valence-corrected chi connectivity index (χ0v) is 17.7. The van der Waals surface area contributed by atoms with Crippen LogP contribution in [0.1, 0.15) is 63.5 Å². The molecular weight excluding hydrogens is 354 g/mol. The SMILES string of the molecule is Cc1ccc(C(C)C)cc1OC(C)C(=O)N1CCCCC1CNC(=O)CCN. The number of hydrogen-bond donors (Lipinski definition) is 2. The molecule has 0 radical (unpaired) electrons. The summed E-state index contributed by atoms with van der Waals surface area (Å²) in [5, 5.41) is 2.90. The van der Waals surface area contributed by atoms with Crippen LogP contribution in [-0.4, -0.2) is 48.5 Å². The molecule has 1 heterocycles. The molecule has 0 aliphatic carbocycles. The van der Waals surface area contributed by atoms with Crippen molar-refractivity contribution >= 4 is 11.8 Å². The van der Waals surface area contributed by atoms with Gasteiger partial charge in [-0.25, -0.2) is 0 Å². The number of carbonyl (C=O) groups excluding carboxylic acids is 2. The number of piperidine rings is 1. The molecule has 2 amide bonds. The van der Waals surface area contributed by atoms with Crippen LogP contribution in [0.3, 0.4) is 0 Å². The van der Waals surface area contributed by atoms with E-state index in [-0.39, 0.29) is 17.9 Å². The lowest BCUT2D eigenvalue weighted by Gasteiger charge is -2.37. The first-order valence-electron chi connectivity index (χ1n) is 10.4. The molecule has 0 saturated carbocycles. The zero-order valence-electron chi connectivity index (χ0n) is 17.7. The number of nitrogens with one attached hydrogen (secondary N) is 1. The zero-order chi connectivity index (χ0) is 20.7. The molecule has 2 unspecified atom stereocenters. The number of hydrogen-bond acceptors (Lipinski definition) is 4. The average Bonchev–Trinajstić information content (AvgIpc) is 2.67. The average molecular weight is 390 g/mol. The molecule has 0 bridgehead atoms. The minimum Gasteiger partial charge on any atom is -0.481 e. The predicted molar refractivity (Wildman–Crippen MR) is 111 cm³/mol. The largest absolute Gasteiger partial charge is 0.481 e. The fraction of sp³-hybridized carbons (Fsp3) is 0.636. The van der Waals surface area contributed by atoms with E-state index in [9.17, 15) is 9.59 Å². The number of ether oxygens (including phenoxy) is 1. The van der Waals surface area contributed by atoms with Crippen LogP contribution in [0, 0.1) is 6.92 Å². The number of carbonyl (C=O) groups is 2. The van der Waals surface area contributed by atoms with Crippen LogP contribution in [0.4, 0.5) is 0 Å². The molecule has 1 aliphatic rings. The van der Waals surface area contributed by atoms with Crippen molar-refractivity contribution in [1.29, 1.82) is 0 Å². The topological polar surface area (TPSA) is 84.7 Å². The standard InChI is InChI=1S/C22H35N3O3/c1-15(2)18-9-8-16(3)20(13-18)28-17(4)22(27)25-12-6-5-7-19(25)14-24-21(26)10-11-23/h8-9,13,15,17,19H,5-7,10-12,14,23H2,1-4H3,(H,24,26). The smallest absolute Gasteiger partial charge is 0.263 e. The van der Waals surface area contributed by atoms with Crippen LogP contribution in [0.15, 0.2) is 18.2 Å². The molecule has 2 atom stereocenters. The molecule has 1 aliphatic heterocycles. The Morgan fingerprint density at radius 3 is 2.71 bits per heavy atom. The van der Waals surface area contributed by atoms with Crippen molar-refractivity contribution in [2.75, 3.05) is 19.6 Å². The Kier molecular flexibility index (Phi) is 8.30. The Balaban J connectivity index is 2.03. The summed E-state index contributed by atoms with van der Waals surface area (Å²) in [6.45, 7) is 9.59. The van der Waals surface area contributed by atoms with Crippen LogP contribution in [0.2, 0.25) is 0 Å². The number of aryl methyl sites for hydroxylation is 1. The first-order valence-corrected chi connectivity index (χ1v) is 10.4. The van der Waals surface area contributed by atoms with E-state index in [0.29, 0.717) is 32.0 Å². The van der Waals surface area contributed by atoms with Gasteiger partial charge in [-0.1, -0.05) is 26.0 Å². The third-order valence-electron chi connectivity index (χ3n) is 5.35. The maximum absolute atomic E-state index is 13.1. The lowest BCUT2D eigenvalue weighted by molar-refractivity contribution is -0.142. The van der Waals surface area contributed by atoms with E-state index in [0.717, 1.165) is 30.6 Å². The van der Waals surface area contributed by atoms with Gasteiger partial charge in [-0.05, 0) is 56.2 Å². The summed E-state index contributed by atoms with van der Waals surface area (Å²) in [5.74, 6) is 1.08. The van der Waals surface area contributed by atoms with E-state index < -0.39 is 6.10 Å². The maximum Gasteiger partial charge on any atom is 0.263 e. The van der Waals surface area contributed by atoms with Crippen LogP contribution < -0.4 is 15.8 Å². The van der Waals surface area contributed by atoms with Gasteiger partial charge in [-0.2, -0.15) is 0 Å². The fourth-order valence-electron chi connectivity index (χ4n) is 3.53. The van der Waals surface area contributed by atoms with Crippen LogP contribution in [-0.2, 0) is 9.59 Å². The summed E-state index contributed by atoms with van der Waals surface area (Å²) < 4.78 is 6.07. The fourth-order valence-corrected chi connectivity index (χ4v) is 3.53. The predicted octanol–water partition coefficient (Wildman–Crippen LogP) is 2.73. The highest BCUT2D eigenvalue weighted by Gasteiger charge is 2.31. The summed E-state index contributed by atoms with van der Waals surface area (Å²) in [5.41, 5.74) is 7.64. The van der Waals surface area contributed by atoms with Crippen molar-refractivity contribution in [2.24, 2.45) is 5.73 Å². The molecule has 1 saturated heterocycles. The molecule has 0 aromatic heterocycles. The van der Waals surface area contributed by atoms with Crippen LogP contribution in [0.5, 0.6) is 5.75 Å². The molecule has 1 aromatic carbocycles. The van der Waals surface area contributed by atoms with Gasteiger partial charge >= 0.3 is 0 Å². The summed E-state index contributed by atoms with van der Waals surface area (Å²) in [6.07, 6.45) is 2.68. The van der Waals surface area contributed by atoms with Crippen molar-refractivity contribution in [3.05, 3.63) is 29.3 Å². The summed E-state index contributed by atoms with van der Waals surface area (Å²) in [4.78, 5) is 26.7. The number of amides is 2. The minimum atomic E-state index is -0.568. The van der Waals surface area contributed by atoms with Gasteiger partial charge in [0.15, 0.2) is 6.10 Å². The normalized spacial score (nSPS) is 18.1. The van der Waals surface area contributed by atoms with Gasteiger partial charge in [0, 0.05) is 32.1 Å². The quantitative estimate of drug-likeness (QED) is 0.716. The number of nitrogens with two attached hydrogens (primary N) is 1. The monoisotopic (exact) mass is 389 g/mol. The van der Waals surface area contributed by atoms with Crippen LogP contribution >= 0.6 is 0 Å².